The van der Waals surface area contributed by atoms with Crippen LogP contribution in [0.2, 0.25) is 0 Å². The van der Waals surface area contributed by atoms with E-state index in [1.807, 2.05) is 6.92 Å². The number of carbonyl (C=O) groups excluding carboxylic acids is 5. The first kappa shape index (κ1) is 36.3. The van der Waals surface area contributed by atoms with Crippen LogP contribution in [0.1, 0.15) is 59.8 Å². The van der Waals surface area contributed by atoms with E-state index in [0.29, 0.717) is 5.75 Å². The predicted octanol–water partition coefficient (Wildman–Crippen LogP) is -0.872. The van der Waals surface area contributed by atoms with Gasteiger partial charge in [-0.3, -0.25) is 38.4 Å². The van der Waals surface area contributed by atoms with Gasteiger partial charge in [0.2, 0.25) is 23.6 Å². The zero-order valence-electron chi connectivity index (χ0n) is 22.9. The van der Waals surface area contributed by atoms with E-state index in [1.165, 1.54) is 11.8 Å². The molecule has 0 aliphatic rings. The minimum atomic E-state index is -1.56. The first-order valence-electron chi connectivity index (χ1n) is 12.5. The van der Waals surface area contributed by atoms with Crippen LogP contribution in [0.3, 0.4) is 0 Å². The molecule has 7 N–H and O–H groups in total. The van der Waals surface area contributed by atoms with Crippen molar-refractivity contribution in [3.8, 4) is 0 Å². The first-order chi connectivity index (χ1) is 18.6. The van der Waals surface area contributed by atoms with E-state index in [1.54, 1.807) is 13.8 Å². The molecule has 0 spiro atoms. The molecule has 16 heteroatoms. The van der Waals surface area contributed by atoms with E-state index in [0.717, 1.165) is 12.7 Å². The zero-order chi connectivity index (χ0) is 31.0. The second-order valence-corrected chi connectivity index (χ2v) is 10.5. The molecule has 4 amide bonds. The number of carboxylic acid groups (broad SMARTS) is 3. The molecular formula is C24H38N4O11S. The fourth-order valence-electron chi connectivity index (χ4n) is 3.40. The van der Waals surface area contributed by atoms with Crippen LogP contribution < -0.4 is 21.3 Å². The molecule has 0 saturated carbocycles. The first-order valence-corrected chi connectivity index (χ1v) is 13.7. The molecule has 0 unspecified atom stereocenters. The van der Waals surface area contributed by atoms with E-state index in [4.69, 9.17) is 10.2 Å². The largest absolute Gasteiger partial charge is 0.481 e. The maximum atomic E-state index is 13.1. The number of carboxylic acids is 3. The average Bonchev–Trinajstić information content (AvgIpc) is 2.82. The van der Waals surface area contributed by atoms with Gasteiger partial charge in [0, 0.05) is 25.5 Å². The van der Waals surface area contributed by atoms with Gasteiger partial charge in [0.05, 0.1) is 18.9 Å². The number of rotatable bonds is 20. The lowest BCUT2D eigenvalue weighted by Crippen LogP contribution is -2.59. The van der Waals surface area contributed by atoms with Crippen molar-refractivity contribution < 1.29 is 53.7 Å². The monoisotopic (exact) mass is 590 g/mol. The minimum Gasteiger partial charge on any atom is -0.481 e. The summed E-state index contributed by atoms with van der Waals surface area (Å²) in [5, 5.41) is 36.4. The number of nitrogens with one attached hydrogen (secondary N) is 4. The van der Waals surface area contributed by atoms with Crippen LogP contribution in [0.4, 0.5) is 0 Å². The van der Waals surface area contributed by atoms with Gasteiger partial charge < -0.3 is 36.6 Å². The second kappa shape index (κ2) is 18.6. The summed E-state index contributed by atoms with van der Waals surface area (Å²) in [6.45, 7) is 6.05. The quantitative estimate of drug-likeness (QED) is 0.0855. The van der Waals surface area contributed by atoms with Crippen LogP contribution in [-0.4, -0.2) is 98.3 Å². The second-order valence-electron chi connectivity index (χ2n) is 9.15. The van der Waals surface area contributed by atoms with Gasteiger partial charge >= 0.3 is 17.9 Å². The van der Waals surface area contributed by atoms with Gasteiger partial charge in [0.25, 0.3) is 0 Å². The zero-order valence-corrected chi connectivity index (χ0v) is 23.7. The molecule has 226 valence electrons. The number of amides is 4. The van der Waals surface area contributed by atoms with Crippen molar-refractivity contribution in [1.29, 1.82) is 0 Å². The van der Waals surface area contributed by atoms with E-state index in [2.05, 4.69) is 21.3 Å². The Morgan fingerprint density at radius 3 is 1.68 bits per heavy atom. The summed E-state index contributed by atoms with van der Waals surface area (Å²) < 4.78 is 0. The lowest BCUT2D eigenvalue weighted by Gasteiger charge is -2.27. The molecule has 0 aromatic heterocycles. The van der Waals surface area contributed by atoms with Crippen LogP contribution in [0, 0.1) is 5.92 Å². The highest BCUT2D eigenvalue weighted by atomic mass is 32.2. The lowest BCUT2D eigenvalue weighted by atomic mass is 10.00. The van der Waals surface area contributed by atoms with Crippen molar-refractivity contribution >= 4 is 59.1 Å². The summed E-state index contributed by atoms with van der Waals surface area (Å²) >= 11 is 1.46. The number of thioether (sulfide) groups is 1. The predicted molar refractivity (Wildman–Crippen MR) is 142 cm³/mol. The standard InChI is InChI=1S/C24H38N4O11S/c1-5-40-9-8-17(30)15(10-19(33)34)27-24(39)21(12(2)3)28-22(37)14(6-7-18(31)32)26-23(38)16(11-20(35)36)25-13(4)29/h12,14-16,21H,5-11H2,1-4H3,(H,25,29)(H,26,38)(H,27,39)(H,28,37)(H,31,32)(H,33,34)(H,35,36)/t14-,15-,16-,21-/m0/s1. The third-order valence-electron chi connectivity index (χ3n) is 5.38. The molecule has 0 fully saturated rings. The topological polar surface area (TPSA) is 245 Å². The Hall–Kier alpha value is -3.69. The Balaban J connectivity index is 5.81. The van der Waals surface area contributed by atoms with Gasteiger partial charge in [0.1, 0.15) is 18.1 Å². The van der Waals surface area contributed by atoms with Crippen molar-refractivity contribution in [1.82, 2.24) is 21.3 Å². The van der Waals surface area contributed by atoms with Crippen LogP contribution in [0.5, 0.6) is 0 Å². The lowest BCUT2D eigenvalue weighted by molar-refractivity contribution is -0.142. The molecule has 0 rings (SSSR count). The smallest absolute Gasteiger partial charge is 0.305 e. The highest BCUT2D eigenvalue weighted by Gasteiger charge is 2.33. The van der Waals surface area contributed by atoms with Crippen molar-refractivity contribution in [2.45, 2.75) is 84.0 Å². The Kier molecular flexibility index (Phi) is 16.9. The van der Waals surface area contributed by atoms with E-state index < -0.39 is 103 Å². The molecule has 0 aromatic rings. The molecule has 0 radical (unpaired) electrons. The van der Waals surface area contributed by atoms with Gasteiger partial charge in [-0.25, -0.2) is 0 Å². The SMILES string of the molecule is CCSCCC(=O)[C@H](CC(=O)O)NC(=O)[C@@H](NC(=O)[C@H](CCC(=O)O)NC(=O)[C@H](CC(=O)O)NC(C)=O)C(C)C. The third-order valence-corrected chi connectivity index (χ3v) is 6.28. The fraction of sp³-hybridized carbons (Fsp3) is 0.667. The number of carbonyl (C=O) groups is 8. The Morgan fingerprint density at radius 2 is 1.20 bits per heavy atom. The molecule has 0 aliphatic heterocycles. The minimum absolute atomic E-state index is 0.0184. The van der Waals surface area contributed by atoms with Gasteiger partial charge in [-0.1, -0.05) is 20.8 Å². The maximum absolute atomic E-state index is 13.1. The van der Waals surface area contributed by atoms with Crippen LogP contribution >= 0.6 is 11.8 Å². The summed E-state index contributed by atoms with van der Waals surface area (Å²) in [7, 11) is 0. The van der Waals surface area contributed by atoms with E-state index in [-0.39, 0.29) is 6.42 Å². The van der Waals surface area contributed by atoms with Gasteiger partial charge in [-0.15, -0.1) is 0 Å². The molecule has 4 atom stereocenters. The van der Waals surface area contributed by atoms with Gasteiger partial charge in [-0.05, 0) is 18.1 Å². The van der Waals surface area contributed by atoms with Gasteiger partial charge in [-0.2, -0.15) is 11.8 Å². The third kappa shape index (κ3) is 15.0. The van der Waals surface area contributed by atoms with Crippen molar-refractivity contribution in [2.24, 2.45) is 5.92 Å². The summed E-state index contributed by atoms with van der Waals surface area (Å²) in [6, 6.07) is -5.76. The Labute approximate surface area is 235 Å². The molecule has 40 heavy (non-hydrogen) atoms. The summed E-state index contributed by atoms with van der Waals surface area (Å²) in [5.41, 5.74) is 0. The number of Topliss-reactive ketones (excluding diaryl/α,β-unsaturated/α-hetero) is 1. The average molecular weight is 591 g/mol. The maximum Gasteiger partial charge on any atom is 0.305 e. The normalized spacial score (nSPS) is 13.7. The highest BCUT2D eigenvalue weighted by Crippen LogP contribution is 2.09. The summed E-state index contributed by atoms with van der Waals surface area (Å²) in [5.74, 6) is -7.59. The highest BCUT2D eigenvalue weighted by molar-refractivity contribution is 7.99. The van der Waals surface area contributed by atoms with Gasteiger partial charge in [0.15, 0.2) is 5.78 Å². The van der Waals surface area contributed by atoms with Crippen LogP contribution in [-0.2, 0) is 38.4 Å². The molecule has 0 aliphatic carbocycles. The van der Waals surface area contributed by atoms with Crippen LogP contribution in [0.25, 0.3) is 0 Å². The number of ketones is 1. The molecular weight excluding hydrogens is 552 g/mol. The molecule has 0 bridgehead atoms. The van der Waals surface area contributed by atoms with E-state index in [9.17, 15) is 43.5 Å². The van der Waals surface area contributed by atoms with E-state index >= 15 is 0 Å². The van der Waals surface area contributed by atoms with Crippen molar-refractivity contribution in [3.63, 3.8) is 0 Å². The molecule has 0 saturated heterocycles. The molecule has 0 heterocycles. The van der Waals surface area contributed by atoms with Crippen molar-refractivity contribution in [3.05, 3.63) is 0 Å². The van der Waals surface area contributed by atoms with Crippen molar-refractivity contribution in [2.75, 3.05) is 11.5 Å². The molecule has 15 nitrogen and oxygen atoms in total. The van der Waals surface area contributed by atoms with Crippen LogP contribution in [0.15, 0.2) is 0 Å². The number of hydrogen-bond acceptors (Lipinski definition) is 9. The summed E-state index contributed by atoms with van der Waals surface area (Å²) in [4.78, 5) is 96.2. The Morgan fingerprint density at radius 1 is 0.675 bits per heavy atom. The molecule has 0 aromatic carbocycles. The Bertz CT molecular complexity index is 941. The number of hydrogen-bond donors (Lipinski definition) is 7. The summed E-state index contributed by atoms with van der Waals surface area (Å²) in [6.07, 6.45) is -2.48. The number of aliphatic carboxylic acids is 3. The fourth-order valence-corrected chi connectivity index (χ4v) is 4.03.